The molecule has 6 heteroatoms. The van der Waals surface area contributed by atoms with Crippen LogP contribution >= 0.6 is 0 Å². The second-order valence-electron chi connectivity index (χ2n) is 8.37. The van der Waals surface area contributed by atoms with Crippen LogP contribution < -0.4 is 10.0 Å². The van der Waals surface area contributed by atoms with Crippen LogP contribution in [0.15, 0.2) is 0 Å². The van der Waals surface area contributed by atoms with Crippen LogP contribution in [0.2, 0.25) is 0 Å². The van der Waals surface area contributed by atoms with E-state index < -0.39 is 16.1 Å². The van der Waals surface area contributed by atoms with E-state index >= 15 is 0 Å². The van der Waals surface area contributed by atoms with E-state index in [1.54, 1.807) is 0 Å². The van der Waals surface area contributed by atoms with Crippen molar-refractivity contribution >= 4 is 15.9 Å². The Balaban J connectivity index is 1.94. The largest absolute Gasteiger partial charge is 0.355 e. The highest BCUT2D eigenvalue weighted by atomic mass is 32.2. The minimum absolute atomic E-state index is 0.134. The van der Waals surface area contributed by atoms with Crippen LogP contribution in [0.5, 0.6) is 0 Å². The highest BCUT2D eigenvalue weighted by Gasteiger charge is 2.25. The molecule has 166 valence electrons. The molecule has 0 aromatic heterocycles. The van der Waals surface area contributed by atoms with Gasteiger partial charge in [0.15, 0.2) is 0 Å². The summed E-state index contributed by atoms with van der Waals surface area (Å²) in [6.45, 7) is 2.91. The summed E-state index contributed by atoms with van der Waals surface area (Å²) in [5.74, 6) is -0.0449. The third kappa shape index (κ3) is 13.5. The van der Waals surface area contributed by atoms with Gasteiger partial charge < -0.3 is 5.32 Å². The van der Waals surface area contributed by atoms with Crippen LogP contribution in [-0.2, 0) is 14.8 Å². The predicted octanol–water partition coefficient (Wildman–Crippen LogP) is 5.06. The molecule has 1 heterocycles. The van der Waals surface area contributed by atoms with E-state index in [9.17, 15) is 13.2 Å². The van der Waals surface area contributed by atoms with Crippen LogP contribution in [0.3, 0.4) is 0 Å². The summed E-state index contributed by atoms with van der Waals surface area (Å²) in [5, 5.41) is 2.77. The smallest absolute Gasteiger partial charge is 0.238 e. The zero-order chi connectivity index (χ0) is 20.5. The zero-order valence-electron chi connectivity index (χ0n) is 18.1. The lowest BCUT2D eigenvalue weighted by Gasteiger charge is -2.15. The standard InChI is InChI=1S/C22H44N2O3S/c1-2-3-4-5-6-7-8-9-10-11-12-13-14-17-20-28(26,27)24-21-18-15-16-19-23-22(21)25/h21,24H,2-20H2,1H3,(H,23,25)/t21-/m0/s1. The number of amides is 1. The first-order valence-corrected chi connectivity index (χ1v) is 13.5. The summed E-state index contributed by atoms with van der Waals surface area (Å²) < 4.78 is 27.0. The van der Waals surface area contributed by atoms with Crippen molar-refractivity contribution in [2.75, 3.05) is 12.3 Å². The fraction of sp³-hybridized carbons (Fsp3) is 0.955. The lowest BCUT2D eigenvalue weighted by atomic mass is 10.0. The fourth-order valence-corrected chi connectivity index (χ4v) is 5.17. The molecular formula is C22H44N2O3S. The third-order valence-corrected chi connectivity index (χ3v) is 7.09. The van der Waals surface area contributed by atoms with Crippen LogP contribution in [0, 0.1) is 0 Å². The van der Waals surface area contributed by atoms with Crippen LogP contribution in [0.4, 0.5) is 0 Å². The third-order valence-electron chi connectivity index (χ3n) is 5.62. The molecule has 1 rings (SSSR count). The maximum Gasteiger partial charge on any atom is 0.238 e. The maximum atomic E-state index is 12.2. The predicted molar refractivity (Wildman–Crippen MR) is 118 cm³/mol. The summed E-state index contributed by atoms with van der Waals surface area (Å²) in [6.07, 6.45) is 19.9. The molecule has 28 heavy (non-hydrogen) atoms. The van der Waals surface area contributed by atoms with Crippen molar-refractivity contribution in [1.29, 1.82) is 0 Å². The number of nitrogens with one attached hydrogen (secondary N) is 2. The average Bonchev–Trinajstić information content (AvgIpc) is 2.86. The van der Waals surface area contributed by atoms with Crippen molar-refractivity contribution in [3.63, 3.8) is 0 Å². The molecule has 1 amide bonds. The molecule has 0 aliphatic carbocycles. The number of hydrogen-bond donors (Lipinski definition) is 2. The van der Waals surface area contributed by atoms with Gasteiger partial charge in [0.25, 0.3) is 0 Å². The Labute approximate surface area is 173 Å². The van der Waals surface area contributed by atoms with Crippen molar-refractivity contribution in [3.8, 4) is 0 Å². The summed E-state index contributed by atoms with van der Waals surface area (Å²) >= 11 is 0. The molecule has 0 aromatic carbocycles. The molecule has 0 unspecified atom stereocenters. The molecule has 5 nitrogen and oxygen atoms in total. The summed E-state index contributed by atoms with van der Waals surface area (Å²) in [5.41, 5.74) is 0. The van der Waals surface area contributed by atoms with E-state index in [0.717, 1.165) is 25.7 Å². The number of sulfonamides is 1. The SMILES string of the molecule is CCCCCCCCCCCCCCCCS(=O)(=O)N[C@H]1CCCCNC1=O. The first kappa shape index (κ1) is 25.4. The van der Waals surface area contributed by atoms with E-state index in [2.05, 4.69) is 17.0 Å². The molecule has 0 saturated carbocycles. The van der Waals surface area contributed by atoms with Crippen molar-refractivity contribution in [3.05, 3.63) is 0 Å². The monoisotopic (exact) mass is 416 g/mol. The molecule has 1 atom stereocenters. The van der Waals surface area contributed by atoms with Gasteiger partial charge in [-0.05, 0) is 25.7 Å². The van der Waals surface area contributed by atoms with Crippen molar-refractivity contribution in [1.82, 2.24) is 10.0 Å². The average molecular weight is 417 g/mol. The Morgan fingerprint density at radius 1 is 0.821 bits per heavy atom. The molecule has 1 aliphatic heterocycles. The molecule has 0 bridgehead atoms. The summed E-state index contributed by atoms with van der Waals surface area (Å²) in [6, 6.07) is -0.584. The molecule has 0 radical (unpaired) electrons. The van der Waals surface area contributed by atoms with Gasteiger partial charge >= 0.3 is 0 Å². The zero-order valence-corrected chi connectivity index (χ0v) is 19.0. The van der Waals surface area contributed by atoms with Gasteiger partial charge in [-0.25, -0.2) is 13.1 Å². The van der Waals surface area contributed by atoms with E-state index in [-0.39, 0.29) is 11.7 Å². The lowest BCUT2D eigenvalue weighted by Crippen LogP contribution is -2.46. The summed E-state index contributed by atoms with van der Waals surface area (Å²) in [4.78, 5) is 11.9. The van der Waals surface area contributed by atoms with Gasteiger partial charge in [0.05, 0.1) is 5.75 Å². The highest BCUT2D eigenvalue weighted by molar-refractivity contribution is 7.89. The van der Waals surface area contributed by atoms with Gasteiger partial charge in [-0.15, -0.1) is 0 Å². The first-order valence-electron chi connectivity index (χ1n) is 11.8. The second-order valence-corrected chi connectivity index (χ2v) is 10.2. The Morgan fingerprint density at radius 3 is 1.86 bits per heavy atom. The van der Waals surface area contributed by atoms with E-state index in [4.69, 9.17) is 0 Å². The molecule has 1 aliphatic rings. The van der Waals surface area contributed by atoms with Crippen LogP contribution in [-0.4, -0.2) is 32.7 Å². The quantitative estimate of drug-likeness (QED) is 0.326. The molecule has 0 spiro atoms. The fourth-order valence-electron chi connectivity index (χ4n) is 3.81. The number of carbonyl (C=O) groups excluding carboxylic acids is 1. The number of rotatable bonds is 17. The Bertz CT molecular complexity index is 494. The normalized spacial score (nSPS) is 18.0. The minimum atomic E-state index is -3.36. The lowest BCUT2D eigenvalue weighted by molar-refractivity contribution is -0.122. The topological polar surface area (TPSA) is 75.3 Å². The first-order chi connectivity index (χ1) is 13.5. The van der Waals surface area contributed by atoms with Gasteiger partial charge in [-0.2, -0.15) is 0 Å². The van der Waals surface area contributed by atoms with Crippen LogP contribution in [0.25, 0.3) is 0 Å². The van der Waals surface area contributed by atoms with E-state index in [0.29, 0.717) is 19.4 Å². The Kier molecular flexibility index (Phi) is 14.7. The number of carbonyl (C=O) groups is 1. The van der Waals surface area contributed by atoms with Gasteiger partial charge in [-0.1, -0.05) is 90.4 Å². The van der Waals surface area contributed by atoms with Gasteiger partial charge in [-0.3, -0.25) is 4.79 Å². The summed E-state index contributed by atoms with van der Waals surface area (Å²) in [7, 11) is -3.36. The van der Waals surface area contributed by atoms with E-state index in [1.165, 1.54) is 70.6 Å². The number of hydrogen-bond acceptors (Lipinski definition) is 3. The van der Waals surface area contributed by atoms with Crippen LogP contribution in [0.1, 0.15) is 116 Å². The number of unbranched alkanes of at least 4 members (excludes halogenated alkanes) is 13. The second kappa shape index (κ2) is 16.2. The van der Waals surface area contributed by atoms with Crippen molar-refractivity contribution in [2.24, 2.45) is 0 Å². The molecule has 1 saturated heterocycles. The molecule has 2 N–H and O–H groups in total. The molecule has 0 aromatic rings. The Hall–Kier alpha value is -0.620. The maximum absolute atomic E-state index is 12.2. The van der Waals surface area contributed by atoms with Crippen molar-refractivity contribution < 1.29 is 13.2 Å². The van der Waals surface area contributed by atoms with Gasteiger partial charge in [0.1, 0.15) is 6.04 Å². The van der Waals surface area contributed by atoms with E-state index in [1.807, 2.05) is 0 Å². The van der Waals surface area contributed by atoms with Gasteiger partial charge in [0, 0.05) is 6.54 Å². The Morgan fingerprint density at radius 2 is 1.32 bits per heavy atom. The highest BCUT2D eigenvalue weighted by Crippen LogP contribution is 2.13. The van der Waals surface area contributed by atoms with Gasteiger partial charge in [0.2, 0.25) is 15.9 Å². The van der Waals surface area contributed by atoms with Crippen molar-refractivity contribution in [2.45, 2.75) is 122 Å². The molecule has 1 fully saturated rings. The molecular weight excluding hydrogens is 372 g/mol. The minimum Gasteiger partial charge on any atom is -0.355 e.